The molecule has 118 valence electrons. The molecule has 0 aromatic heterocycles. The van der Waals surface area contributed by atoms with Gasteiger partial charge in [-0.3, -0.25) is 0 Å². The van der Waals surface area contributed by atoms with Gasteiger partial charge in [-0.2, -0.15) is 0 Å². The number of rotatable bonds is 6. The SMILES string of the molecule is COc1cc(C)ccc1OCCOc1cc(C)c(Br)cc1C. The largest absolute Gasteiger partial charge is 0.493 e. The summed E-state index contributed by atoms with van der Waals surface area (Å²) in [6.45, 7) is 7.05. The Hall–Kier alpha value is -1.68. The van der Waals surface area contributed by atoms with E-state index in [0.717, 1.165) is 38.4 Å². The Morgan fingerprint density at radius 3 is 2.18 bits per heavy atom. The summed E-state index contributed by atoms with van der Waals surface area (Å²) >= 11 is 3.52. The van der Waals surface area contributed by atoms with Crippen LogP contribution < -0.4 is 14.2 Å². The molecule has 4 heteroatoms. The first-order valence-corrected chi connectivity index (χ1v) is 7.97. The highest BCUT2D eigenvalue weighted by atomic mass is 79.9. The maximum absolute atomic E-state index is 5.80. The molecule has 0 aliphatic rings. The first kappa shape index (κ1) is 16.7. The van der Waals surface area contributed by atoms with Crippen LogP contribution in [0.2, 0.25) is 0 Å². The number of aryl methyl sites for hydroxylation is 3. The third-order valence-electron chi connectivity index (χ3n) is 3.37. The minimum absolute atomic E-state index is 0.466. The lowest BCUT2D eigenvalue weighted by molar-refractivity contribution is 0.210. The van der Waals surface area contributed by atoms with Crippen molar-refractivity contribution in [2.45, 2.75) is 20.8 Å². The van der Waals surface area contributed by atoms with Gasteiger partial charge in [0.05, 0.1) is 7.11 Å². The molecular weight excluding hydrogens is 344 g/mol. The quantitative estimate of drug-likeness (QED) is 0.686. The van der Waals surface area contributed by atoms with Crippen LogP contribution in [0.5, 0.6) is 17.2 Å². The van der Waals surface area contributed by atoms with E-state index in [1.54, 1.807) is 7.11 Å². The molecule has 0 unspecified atom stereocenters. The van der Waals surface area contributed by atoms with Crippen LogP contribution in [0, 0.1) is 20.8 Å². The molecule has 2 rings (SSSR count). The fourth-order valence-electron chi connectivity index (χ4n) is 2.11. The third kappa shape index (κ3) is 4.17. The van der Waals surface area contributed by atoms with E-state index < -0.39 is 0 Å². The Bertz CT molecular complexity index is 653. The van der Waals surface area contributed by atoms with Crippen LogP contribution in [0.1, 0.15) is 16.7 Å². The molecule has 0 aliphatic heterocycles. The molecule has 0 fully saturated rings. The van der Waals surface area contributed by atoms with Crippen LogP contribution in [-0.2, 0) is 0 Å². The minimum atomic E-state index is 0.466. The van der Waals surface area contributed by atoms with E-state index >= 15 is 0 Å². The van der Waals surface area contributed by atoms with Crippen LogP contribution in [0.4, 0.5) is 0 Å². The van der Waals surface area contributed by atoms with Gasteiger partial charge in [-0.05, 0) is 61.7 Å². The van der Waals surface area contributed by atoms with Crippen molar-refractivity contribution in [1.82, 2.24) is 0 Å². The second-order valence-electron chi connectivity index (χ2n) is 5.22. The van der Waals surface area contributed by atoms with Crippen molar-refractivity contribution >= 4 is 15.9 Å². The Morgan fingerprint density at radius 1 is 0.818 bits per heavy atom. The minimum Gasteiger partial charge on any atom is -0.493 e. The van der Waals surface area contributed by atoms with E-state index in [4.69, 9.17) is 14.2 Å². The molecule has 0 amide bonds. The van der Waals surface area contributed by atoms with Gasteiger partial charge in [0.2, 0.25) is 0 Å². The monoisotopic (exact) mass is 364 g/mol. The zero-order valence-corrected chi connectivity index (χ0v) is 15.0. The van der Waals surface area contributed by atoms with E-state index in [-0.39, 0.29) is 0 Å². The summed E-state index contributed by atoms with van der Waals surface area (Å²) in [4.78, 5) is 0. The number of hydrogen-bond donors (Lipinski definition) is 0. The zero-order chi connectivity index (χ0) is 16.1. The molecule has 0 atom stereocenters. The summed E-state index contributed by atoms with van der Waals surface area (Å²) < 4.78 is 18.0. The van der Waals surface area contributed by atoms with Crippen molar-refractivity contribution < 1.29 is 14.2 Å². The lowest BCUT2D eigenvalue weighted by atomic mass is 10.1. The van der Waals surface area contributed by atoms with Crippen LogP contribution in [0.3, 0.4) is 0 Å². The average molecular weight is 365 g/mol. The topological polar surface area (TPSA) is 27.7 Å². The van der Waals surface area contributed by atoms with E-state index in [1.807, 2.05) is 45.0 Å². The summed E-state index contributed by atoms with van der Waals surface area (Å²) in [5.74, 6) is 2.37. The number of ether oxygens (including phenoxy) is 3. The molecule has 2 aromatic carbocycles. The summed E-state index contributed by atoms with van der Waals surface area (Å²) in [7, 11) is 1.64. The number of halogens is 1. The zero-order valence-electron chi connectivity index (χ0n) is 13.4. The maximum atomic E-state index is 5.80. The smallest absolute Gasteiger partial charge is 0.161 e. The molecule has 0 saturated carbocycles. The summed E-state index contributed by atoms with van der Waals surface area (Å²) in [5, 5.41) is 0. The van der Waals surface area contributed by atoms with Crippen LogP contribution >= 0.6 is 15.9 Å². The molecule has 0 heterocycles. The molecule has 0 aliphatic carbocycles. The second kappa shape index (κ2) is 7.54. The molecule has 22 heavy (non-hydrogen) atoms. The molecule has 3 nitrogen and oxygen atoms in total. The van der Waals surface area contributed by atoms with Gasteiger partial charge < -0.3 is 14.2 Å². The molecule has 0 spiro atoms. The van der Waals surface area contributed by atoms with Crippen molar-refractivity contribution in [3.63, 3.8) is 0 Å². The van der Waals surface area contributed by atoms with Gasteiger partial charge in [0.25, 0.3) is 0 Å². The standard InChI is InChI=1S/C18H21BrO3/c1-12-5-6-16(18(9-12)20-4)21-7-8-22-17-11-13(2)15(19)10-14(17)3/h5-6,9-11H,7-8H2,1-4H3. The van der Waals surface area contributed by atoms with E-state index in [1.165, 1.54) is 0 Å². The fourth-order valence-corrected chi connectivity index (χ4v) is 2.57. The van der Waals surface area contributed by atoms with Crippen molar-refractivity contribution in [2.24, 2.45) is 0 Å². The number of hydrogen-bond acceptors (Lipinski definition) is 3. The summed E-state index contributed by atoms with van der Waals surface area (Å²) in [5.41, 5.74) is 3.40. The highest BCUT2D eigenvalue weighted by Gasteiger charge is 2.06. The van der Waals surface area contributed by atoms with Crippen molar-refractivity contribution in [2.75, 3.05) is 20.3 Å². The predicted molar refractivity (Wildman–Crippen MR) is 92.3 cm³/mol. The van der Waals surface area contributed by atoms with Gasteiger partial charge in [-0.1, -0.05) is 22.0 Å². The number of benzene rings is 2. The van der Waals surface area contributed by atoms with Gasteiger partial charge in [-0.25, -0.2) is 0 Å². The first-order chi connectivity index (χ1) is 10.5. The average Bonchev–Trinajstić information content (AvgIpc) is 2.49. The lowest BCUT2D eigenvalue weighted by Crippen LogP contribution is -2.10. The Kier molecular flexibility index (Phi) is 5.72. The Balaban J connectivity index is 1.91. The molecule has 0 N–H and O–H groups in total. The van der Waals surface area contributed by atoms with Gasteiger partial charge in [0.1, 0.15) is 19.0 Å². The highest BCUT2D eigenvalue weighted by Crippen LogP contribution is 2.28. The highest BCUT2D eigenvalue weighted by molar-refractivity contribution is 9.10. The summed E-state index contributed by atoms with van der Waals surface area (Å²) in [6.07, 6.45) is 0. The Labute approximate surface area is 140 Å². The second-order valence-corrected chi connectivity index (χ2v) is 6.07. The van der Waals surface area contributed by atoms with E-state index in [0.29, 0.717) is 13.2 Å². The molecule has 0 saturated heterocycles. The lowest BCUT2D eigenvalue weighted by Gasteiger charge is -2.13. The van der Waals surface area contributed by atoms with Crippen LogP contribution in [0.25, 0.3) is 0 Å². The molecule has 0 radical (unpaired) electrons. The van der Waals surface area contributed by atoms with Crippen molar-refractivity contribution in [1.29, 1.82) is 0 Å². The van der Waals surface area contributed by atoms with Crippen molar-refractivity contribution in [3.05, 3.63) is 51.5 Å². The van der Waals surface area contributed by atoms with Gasteiger partial charge >= 0.3 is 0 Å². The van der Waals surface area contributed by atoms with E-state index in [9.17, 15) is 0 Å². The van der Waals surface area contributed by atoms with Crippen LogP contribution in [-0.4, -0.2) is 20.3 Å². The van der Waals surface area contributed by atoms with Gasteiger partial charge in [0, 0.05) is 4.47 Å². The van der Waals surface area contributed by atoms with Gasteiger partial charge in [-0.15, -0.1) is 0 Å². The van der Waals surface area contributed by atoms with Crippen molar-refractivity contribution in [3.8, 4) is 17.2 Å². The third-order valence-corrected chi connectivity index (χ3v) is 4.23. The predicted octanol–water partition coefficient (Wildman–Crippen LogP) is 4.84. The molecular formula is C18H21BrO3. The summed E-state index contributed by atoms with van der Waals surface area (Å²) in [6, 6.07) is 9.98. The van der Waals surface area contributed by atoms with Crippen LogP contribution in [0.15, 0.2) is 34.8 Å². The maximum Gasteiger partial charge on any atom is 0.161 e. The normalized spacial score (nSPS) is 10.4. The molecule has 0 bridgehead atoms. The first-order valence-electron chi connectivity index (χ1n) is 7.18. The fraction of sp³-hybridized carbons (Fsp3) is 0.333. The van der Waals surface area contributed by atoms with Gasteiger partial charge in [0.15, 0.2) is 11.5 Å². The van der Waals surface area contributed by atoms with E-state index in [2.05, 4.69) is 22.0 Å². The number of methoxy groups -OCH3 is 1. The molecule has 2 aromatic rings. The Morgan fingerprint density at radius 2 is 1.50 bits per heavy atom.